The molecular weight excluding hydrogens is 368 g/mol. The Labute approximate surface area is 168 Å². The topological polar surface area (TPSA) is 113 Å². The lowest BCUT2D eigenvalue weighted by molar-refractivity contribution is -0.118. The summed E-state index contributed by atoms with van der Waals surface area (Å²) in [6.07, 6.45) is 0.523. The molecule has 7 heteroatoms. The van der Waals surface area contributed by atoms with Gasteiger partial charge in [-0.25, -0.2) is 9.97 Å². The van der Waals surface area contributed by atoms with Crippen LogP contribution in [-0.4, -0.2) is 50.2 Å². The van der Waals surface area contributed by atoms with Gasteiger partial charge in [-0.1, -0.05) is 60.7 Å². The van der Waals surface area contributed by atoms with Crippen molar-refractivity contribution >= 4 is 11.9 Å². The summed E-state index contributed by atoms with van der Waals surface area (Å²) in [6, 6.07) is 18.3. The van der Waals surface area contributed by atoms with Crippen LogP contribution in [0.1, 0.15) is 22.3 Å². The first kappa shape index (κ1) is 19.0. The first-order valence-corrected chi connectivity index (χ1v) is 9.42. The van der Waals surface area contributed by atoms with Crippen molar-refractivity contribution in [1.29, 1.82) is 0 Å². The molecule has 0 bridgehead atoms. The third-order valence-electron chi connectivity index (χ3n) is 5.35. The molecule has 0 saturated carbocycles. The van der Waals surface area contributed by atoms with Crippen LogP contribution in [0.3, 0.4) is 0 Å². The van der Waals surface area contributed by atoms with E-state index in [1.165, 1.54) is 11.1 Å². The Kier molecular flexibility index (Phi) is 5.00. The zero-order valence-corrected chi connectivity index (χ0v) is 15.8. The SMILES string of the molecule is Nc1ncc(C(=O)N2CC[C@](O)(c3ccccc3)[C@@H](O)C2)c(-c2ccccc2)n1. The number of piperidine rings is 1. The molecule has 3 aromatic rings. The van der Waals surface area contributed by atoms with E-state index in [1.54, 1.807) is 12.1 Å². The van der Waals surface area contributed by atoms with E-state index in [4.69, 9.17) is 5.73 Å². The fraction of sp³-hybridized carbons (Fsp3) is 0.227. The number of nitrogens with two attached hydrogens (primary N) is 1. The summed E-state index contributed by atoms with van der Waals surface area (Å²) < 4.78 is 0. The summed E-state index contributed by atoms with van der Waals surface area (Å²) in [5.41, 5.74) is 6.50. The monoisotopic (exact) mass is 390 g/mol. The van der Waals surface area contributed by atoms with Crippen molar-refractivity contribution in [3.63, 3.8) is 0 Å². The third kappa shape index (κ3) is 3.57. The summed E-state index contributed by atoms with van der Waals surface area (Å²) in [6.45, 7) is 0.294. The highest BCUT2D eigenvalue weighted by Crippen LogP contribution is 2.34. The van der Waals surface area contributed by atoms with Gasteiger partial charge in [0.25, 0.3) is 5.91 Å². The zero-order chi connectivity index (χ0) is 20.4. The van der Waals surface area contributed by atoms with E-state index in [0.29, 0.717) is 23.4 Å². The maximum Gasteiger partial charge on any atom is 0.257 e. The molecule has 1 saturated heterocycles. The van der Waals surface area contributed by atoms with Gasteiger partial charge in [0.1, 0.15) is 11.7 Å². The number of hydrogen-bond acceptors (Lipinski definition) is 6. The van der Waals surface area contributed by atoms with Crippen molar-refractivity contribution < 1.29 is 15.0 Å². The van der Waals surface area contributed by atoms with Crippen LogP contribution in [0.5, 0.6) is 0 Å². The van der Waals surface area contributed by atoms with Crippen molar-refractivity contribution in [1.82, 2.24) is 14.9 Å². The number of likely N-dealkylation sites (tertiary alicyclic amines) is 1. The molecule has 1 aromatic heterocycles. The molecule has 2 aromatic carbocycles. The second-order valence-electron chi connectivity index (χ2n) is 7.16. The smallest absolute Gasteiger partial charge is 0.257 e. The van der Waals surface area contributed by atoms with E-state index < -0.39 is 11.7 Å². The number of anilines is 1. The molecule has 0 spiro atoms. The Morgan fingerprint density at radius 1 is 1.10 bits per heavy atom. The number of rotatable bonds is 3. The normalized spacial score (nSPS) is 21.7. The summed E-state index contributed by atoms with van der Waals surface area (Å²) in [7, 11) is 0. The Balaban J connectivity index is 1.61. The largest absolute Gasteiger partial charge is 0.388 e. The number of aromatic nitrogens is 2. The van der Waals surface area contributed by atoms with Gasteiger partial charge in [-0.05, 0) is 5.56 Å². The molecule has 2 atom stereocenters. The molecule has 7 nitrogen and oxygen atoms in total. The maximum atomic E-state index is 13.2. The molecule has 2 heterocycles. The van der Waals surface area contributed by atoms with Crippen molar-refractivity contribution in [3.05, 3.63) is 78.0 Å². The van der Waals surface area contributed by atoms with Crippen LogP contribution >= 0.6 is 0 Å². The van der Waals surface area contributed by atoms with Crippen LogP contribution in [0.4, 0.5) is 5.95 Å². The highest BCUT2D eigenvalue weighted by Gasteiger charge is 2.43. The highest BCUT2D eigenvalue weighted by atomic mass is 16.3. The molecular formula is C22H22N4O3. The van der Waals surface area contributed by atoms with Gasteiger partial charge in [0.15, 0.2) is 0 Å². The van der Waals surface area contributed by atoms with Gasteiger partial charge in [-0.15, -0.1) is 0 Å². The number of aliphatic hydroxyl groups is 2. The molecule has 1 fully saturated rings. The van der Waals surface area contributed by atoms with Crippen molar-refractivity contribution in [2.24, 2.45) is 0 Å². The lowest BCUT2D eigenvalue weighted by Gasteiger charge is -2.42. The minimum Gasteiger partial charge on any atom is -0.388 e. The van der Waals surface area contributed by atoms with Crippen LogP contribution in [-0.2, 0) is 5.60 Å². The van der Waals surface area contributed by atoms with E-state index in [-0.39, 0.29) is 24.8 Å². The molecule has 29 heavy (non-hydrogen) atoms. The Morgan fingerprint density at radius 3 is 2.41 bits per heavy atom. The van der Waals surface area contributed by atoms with Crippen LogP contribution in [0.2, 0.25) is 0 Å². The first-order chi connectivity index (χ1) is 14.0. The van der Waals surface area contributed by atoms with E-state index >= 15 is 0 Å². The van der Waals surface area contributed by atoms with E-state index in [0.717, 1.165) is 5.56 Å². The number of nitrogens with zero attached hydrogens (tertiary/aromatic N) is 3. The second-order valence-corrected chi connectivity index (χ2v) is 7.16. The van der Waals surface area contributed by atoms with Gasteiger partial charge in [0, 0.05) is 24.7 Å². The molecule has 1 aliphatic rings. The van der Waals surface area contributed by atoms with Crippen LogP contribution in [0.15, 0.2) is 66.9 Å². The van der Waals surface area contributed by atoms with Gasteiger partial charge < -0.3 is 20.8 Å². The van der Waals surface area contributed by atoms with Gasteiger partial charge in [-0.2, -0.15) is 0 Å². The highest BCUT2D eigenvalue weighted by molar-refractivity contribution is 5.99. The second kappa shape index (κ2) is 7.62. The maximum absolute atomic E-state index is 13.2. The molecule has 0 unspecified atom stereocenters. The summed E-state index contributed by atoms with van der Waals surface area (Å²) in [4.78, 5) is 23.0. The number of carbonyl (C=O) groups excluding carboxylic acids is 1. The number of carbonyl (C=O) groups is 1. The van der Waals surface area contributed by atoms with Gasteiger partial charge in [0.05, 0.1) is 17.8 Å². The number of β-amino-alcohol motifs (C(OH)–C–C–N with tert-alkyl or cyclic N) is 1. The van der Waals surface area contributed by atoms with E-state index in [2.05, 4.69) is 9.97 Å². The van der Waals surface area contributed by atoms with Gasteiger partial charge in [0.2, 0.25) is 5.95 Å². The standard InChI is InChI=1S/C22H22N4O3/c23-21-24-13-17(19(25-21)15-7-3-1-4-8-15)20(28)26-12-11-22(29,18(27)14-26)16-9-5-2-6-10-16/h1-10,13,18,27,29H,11-12,14H2,(H2,23,24,25)/t18-,22-/m0/s1. The lowest BCUT2D eigenvalue weighted by Crippen LogP contribution is -2.55. The van der Waals surface area contributed by atoms with Gasteiger partial charge in [-0.3, -0.25) is 4.79 Å². The molecule has 4 rings (SSSR count). The third-order valence-corrected chi connectivity index (χ3v) is 5.35. The van der Waals surface area contributed by atoms with Crippen LogP contribution < -0.4 is 5.73 Å². The summed E-state index contributed by atoms with van der Waals surface area (Å²) in [5, 5.41) is 21.7. The van der Waals surface area contributed by atoms with Crippen molar-refractivity contribution in [2.45, 2.75) is 18.1 Å². The van der Waals surface area contributed by atoms with Crippen LogP contribution in [0, 0.1) is 0 Å². The number of nitrogen functional groups attached to an aromatic ring is 1. The fourth-order valence-electron chi connectivity index (χ4n) is 3.71. The predicted octanol–water partition coefficient (Wildman–Crippen LogP) is 1.82. The average molecular weight is 390 g/mol. The average Bonchev–Trinajstić information content (AvgIpc) is 2.76. The number of amides is 1. The van der Waals surface area contributed by atoms with E-state index in [9.17, 15) is 15.0 Å². The fourth-order valence-corrected chi connectivity index (χ4v) is 3.71. The molecule has 148 valence electrons. The minimum absolute atomic E-state index is 0.00281. The van der Waals surface area contributed by atoms with Gasteiger partial charge >= 0.3 is 0 Å². The summed E-state index contributed by atoms with van der Waals surface area (Å²) >= 11 is 0. The van der Waals surface area contributed by atoms with Crippen LogP contribution in [0.25, 0.3) is 11.3 Å². The minimum atomic E-state index is -1.39. The Bertz CT molecular complexity index is 1010. The molecule has 1 amide bonds. The number of hydrogen-bond donors (Lipinski definition) is 3. The lowest BCUT2D eigenvalue weighted by atomic mass is 9.82. The molecule has 1 aliphatic heterocycles. The Hall–Kier alpha value is -3.29. The summed E-state index contributed by atoms with van der Waals surface area (Å²) in [5.74, 6) is -0.226. The van der Waals surface area contributed by atoms with Crippen molar-refractivity contribution in [3.8, 4) is 11.3 Å². The van der Waals surface area contributed by atoms with E-state index in [1.807, 2.05) is 48.5 Å². The predicted molar refractivity (Wildman–Crippen MR) is 109 cm³/mol. The first-order valence-electron chi connectivity index (χ1n) is 9.42. The molecule has 0 aliphatic carbocycles. The quantitative estimate of drug-likeness (QED) is 0.629. The Morgan fingerprint density at radius 2 is 1.76 bits per heavy atom. The zero-order valence-electron chi connectivity index (χ0n) is 15.8. The molecule has 4 N–H and O–H groups in total. The van der Waals surface area contributed by atoms with Crippen molar-refractivity contribution in [2.75, 3.05) is 18.8 Å². The number of aliphatic hydroxyl groups excluding tert-OH is 1. The molecule has 0 radical (unpaired) electrons. The number of benzene rings is 2.